The van der Waals surface area contributed by atoms with Crippen LogP contribution in [0.15, 0.2) is 22.9 Å². The molecule has 7 heteroatoms. The molecule has 7 nitrogen and oxygen atoms in total. The molecule has 1 N–H and O–H groups in total. The summed E-state index contributed by atoms with van der Waals surface area (Å²) in [6, 6.07) is 4.01. The Kier molecular flexibility index (Phi) is 3.97. The zero-order valence-corrected chi connectivity index (χ0v) is 14.2. The molecule has 4 rings (SSSR count). The Morgan fingerprint density at radius 3 is 2.96 bits per heavy atom. The minimum atomic E-state index is -0.167. The van der Waals surface area contributed by atoms with E-state index in [1.165, 1.54) is 0 Å². The van der Waals surface area contributed by atoms with E-state index in [9.17, 15) is 0 Å². The number of ether oxygens (including phenoxy) is 1. The molecular weight excluding hydrogens is 306 g/mol. The van der Waals surface area contributed by atoms with E-state index in [0.717, 1.165) is 44.2 Å². The lowest BCUT2D eigenvalue weighted by Gasteiger charge is -2.20. The van der Waals surface area contributed by atoms with E-state index < -0.39 is 0 Å². The van der Waals surface area contributed by atoms with Gasteiger partial charge in [-0.25, -0.2) is 4.98 Å². The molecule has 0 aromatic carbocycles. The van der Waals surface area contributed by atoms with Crippen LogP contribution in [-0.4, -0.2) is 54.5 Å². The molecule has 2 aromatic heterocycles. The average Bonchev–Trinajstić information content (AvgIpc) is 3.31. The Hall–Kier alpha value is -1.99. The second-order valence-corrected chi connectivity index (χ2v) is 6.50. The van der Waals surface area contributed by atoms with Crippen molar-refractivity contribution in [3.05, 3.63) is 24.2 Å². The fourth-order valence-electron chi connectivity index (χ4n) is 3.69. The third-order valence-corrected chi connectivity index (χ3v) is 5.24. The van der Waals surface area contributed by atoms with Gasteiger partial charge in [-0.1, -0.05) is 5.16 Å². The molecule has 2 atom stereocenters. The molecule has 0 saturated carbocycles. The molecule has 2 saturated heterocycles. The van der Waals surface area contributed by atoms with Crippen LogP contribution in [0.2, 0.25) is 0 Å². The van der Waals surface area contributed by atoms with E-state index in [1.54, 1.807) is 0 Å². The first-order valence-corrected chi connectivity index (χ1v) is 8.61. The number of hydrogen-bond donors (Lipinski definition) is 1. The SMILES string of the molecule is CCN(CC)c1ccc(-c2noc([C@]34CNC[C@H]3COC4)n2)cn1. The monoisotopic (exact) mass is 329 g/mol. The second-order valence-electron chi connectivity index (χ2n) is 6.50. The summed E-state index contributed by atoms with van der Waals surface area (Å²) < 4.78 is 11.3. The second kappa shape index (κ2) is 6.14. The van der Waals surface area contributed by atoms with Crippen molar-refractivity contribution < 1.29 is 9.26 Å². The van der Waals surface area contributed by atoms with Gasteiger partial charge in [-0.2, -0.15) is 4.98 Å². The molecule has 0 amide bonds. The van der Waals surface area contributed by atoms with Gasteiger partial charge < -0.3 is 19.5 Å². The largest absolute Gasteiger partial charge is 0.380 e. The van der Waals surface area contributed by atoms with E-state index in [1.807, 2.05) is 18.3 Å². The maximum absolute atomic E-state index is 5.67. The van der Waals surface area contributed by atoms with Gasteiger partial charge in [-0.15, -0.1) is 0 Å². The lowest BCUT2D eigenvalue weighted by Crippen LogP contribution is -2.35. The molecule has 0 unspecified atom stereocenters. The molecule has 128 valence electrons. The van der Waals surface area contributed by atoms with E-state index in [4.69, 9.17) is 9.26 Å². The van der Waals surface area contributed by atoms with Crippen molar-refractivity contribution in [2.75, 3.05) is 44.3 Å². The highest BCUT2D eigenvalue weighted by Crippen LogP contribution is 2.40. The summed E-state index contributed by atoms with van der Waals surface area (Å²) in [4.78, 5) is 11.4. The standard InChI is InChI=1S/C17H23N5O2/c1-3-22(4-2)14-6-5-12(7-19-14)15-20-16(24-21-15)17-10-18-8-13(17)9-23-11-17/h5-7,13,18H,3-4,8-11H2,1-2H3/t13-,17-/m0/s1. The molecule has 0 radical (unpaired) electrons. The average molecular weight is 329 g/mol. The van der Waals surface area contributed by atoms with Gasteiger partial charge in [0.05, 0.1) is 18.6 Å². The van der Waals surface area contributed by atoms with Crippen LogP contribution in [0.1, 0.15) is 19.7 Å². The number of pyridine rings is 1. The van der Waals surface area contributed by atoms with Crippen molar-refractivity contribution in [1.29, 1.82) is 0 Å². The summed E-state index contributed by atoms with van der Waals surface area (Å²) in [5, 5.41) is 7.60. The normalized spacial score (nSPS) is 25.8. The Morgan fingerprint density at radius 2 is 2.21 bits per heavy atom. The summed E-state index contributed by atoms with van der Waals surface area (Å²) in [6.07, 6.45) is 1.81. The number of nitrogens with one attached hydrogen (secondary N) is 1. The Balaban J connectivity index is 1.59. The molecule has 2 aromatic rings. The molecule has 2 aliphatic rings. The van der Waals surface area contributed by atoms with E-state index >= 15 is 0 Å². The third kappa shape index (κ3) is 2.39. The number of nitrogens with zero attached hydrogens (tertiary/aromatic N) is 4. The highest BCUT2D eigenvalue weighted by Gasteiger charge is 2.52. The lowest BCUT2D eigenvalue weighted by atomic mass is 9.81. The predicted molar refractivity (Wildman–Crippen MR) is 89.9 cm³/mol. The number of hydrogen-bond acceptors (Lipinski definition) is 7. The Labute approximate surface area is 141 Å². The van der Waals surface area contributed by atoms with Gasteiger partial charge in [-0.3, -0.25) is 0 Å². The minimum absolute atomic E-state index is 0.167. The molecule has 0 spiro atoms. The first-order chi connectivity index (χ1) is 11.8. The Morgan fingerprint density at radius 1 is 1.33 bits per heavy atom. The van der Waals surface area contributed by atoms with Crippen LogP contribution in [0.4, 0.5) is 5.82 Å². The van der Waals surface area contributed by atoms with Gasteiger partial charge in [-0.05, 0) is 26.0 Å². The van der Waals surface area contributed by atoms with Crippen molar-refractivity contribution in [1.82, 2.24) is 20.4 Å². The fraction of sp³-hybridized carbons (Fsp3) is 0.588. The molecule has 2 aliphatic heterocycles. The van der Waals surface area contributed by atoms with Crippen LogP contribution >= 0.6 is 0 Å². The third-order valence-electron chi connectivity index (χ3n) is 5.24. The topological polar surface area (TPSA) is 76.3 Å². The fourth-order valence-corrected chi connectivity index (χ4v) is 3.69. The highest BCUT2D eigenvalue weighted by molar-refractivity contribution is 5.56. The zero-order chi connectivity index (χ0) is 16.6. The van der Waals surface area contributed by atoms with Gasteiger partial charge >= 0.3 is 0 Å². The summed E-state index contributed by atoms with van der Waals surface area (Å²) in [5.74, 6) is 2.65. The van der Waals surface area contributed by atoms with Crippen LogP contribution in [0.3, 0.4) is 0 Å². The van der Waals surface area contributed by atoms with Crippen LogP contribution < -0.4 is 10.2 Å². The van der Waals surface area contributed by atoms with Gasteiger partial charge in [0.15, 0.2) is 0 Å². The highest BCUT2D eigenvalue weighted by atomic mass is 16.5. The van der Waals surface area contributed by atoms with Crippen molar-refractivity contribution in [2.45, 2.75) is 19.3 Å². The van der Waals surface area contributed by atoms with Gasteiger partial charge in [0.25, 0.3) is 0 Å². The summed E-state index contributed by atoms with van der Waals surface area (Å²) in [5.41, 5.74) is 0.707. The van der Waals surface area contributed by atoms with Gasteiger partial charge in [0.2, 0.25) is 11.7 Å². The number of fused-ring (bicyclic) bond motifs is 1. The first-order valence-electron chi connectivity index (χ1n) is 8.61. The molecule has 0 bridgehead atoms. The van der Waals surface area contributed by atoms with Crippen molar-refractivity contribution in [3.63, 3.8) is 0 Å². The molecule has 2 fully saturated rings. The maximum Gasteiger partial charge on any atom is 0.237 e. The van der Waals surface area contributed by atoms with Crippen LogP contribution in [-0.2, 0) is 10.2 Å². The van der Waals surface area contributed by atoms with Crippen LogP contribution in [0.25, 0.3) is 11.4 Å². The quantitative estimate of drug-likeness (QED) is 0.890. The van der Waals surface area contributed by atoms with Gasteiger partial charge in [0.1, 0.15) is 5.82 Å². The minimum Gasteiger partial charge on any atom is -0.380 e. The Bertz CT molecular complexity index is 685. The van der Waals surface area contributed by atoms with E-state index in [2.05, 4.69) is 39.2 Å². The summed E-state index contributed by atoms with van der Waals surface area (Å²) in [7, 11) is 0. The number of rotatable bonds is 5. The summed E-state index contributed by atoms with van der Waals surface area (Å²) >= 11 is 0. The smallest absolute Gasteiger partial charge is 0.237 e. The number of anilines is 1. The lowest BCUT2D eigenvalue weighted by molar-refractivity contribution is 0.161. The van der Waals surface area contributed by atoms with E-state index in [-0.39, 0.29) is 5.41 Å². The van der Waals surface area contributed by atoms with Crippen LogP contribution in [0.5, 0.6) is 0 Å². The summed E-state index contributed by atoms with van der Waals surface area (Å²) in [6.45, 7) is 9.30. The number of aromatic nitrogens is 3. The van der Waals surface area contributed by atoms with Crippen molar-refractivity contribution in [2.24, 2.45) is 5.92 Å². The maximum atomic E-state index is 5.67. The van der Waals surface area contributed by atoms with Crippen molar-refractivity contribution >= 4 is 5.82 Å². The zero-order valence-electron chi connectivity index (χ0n) is 14.2. The van der Waals surface area contributed by atoms with Crippen molar-refractivity contribution in [3.8, 4) is 11.4 Å². The molecular formula is C17H23N5O2. The van der Waals surface area contributed by atoms with Crippen LogP contribution in [0, 0.1) is 5.92 Å². The van der Waals surface area contributed by atoms with Gasteiger partial charge in [0, 0.05) is 43.9 Å². The first kappa shape index (κ1) is 15.5. The molecule has 0 aliphatic carbocycles. The molecule has 24 heavy (non-hydrogen) atoms. The van der Waals surface area contributed by atoms with E-state index in [0.29, 0.717) is 24.2 Å². The molecule has 4 heterocycles. The predicted octanol–water partition coefficient (Wildman–Crippen LogP) is 1.47.